The number of carbonyl (C=O) groups is 1. The van der Waals surface area contributed by atoms with Crippen LogP contribution in [0.1, 0.15) is 44.4 Å². The zero-order valence-electron chi connectivity index (χ0n) is 15.5. The largest absolute Gasteiger partial charge is 0.490 e. The quantitative estimate of drug-likeness (QED) is 0.720. The highest BCUT2D eigenvalue weighted by molar-refractivity contribution is 5.76. The minimum atomic E-state index is -0.284. The molecule has 1 amide bonds. The van der Waals surface area contributed by atoms with Crippen LogP contribution in [0.4, 0.5) is 4.39 Å². The smallest absolute Gasteiger partial charge is 0.220 e. The summed E-state index contributed by atoms with van der Waals surface area (Å²) < 4.78 is 24.1. The maximum atomic E-state index is 13.0. The van der Waals surface area contributed by atoms with Crippen LogP contribution in [0.2, 0.25) is 0 Å². The highest BCUT2D eigenvalue weighted by Gasteiger charge is 2.11. The Labute approximate surface area is 154 Å². The molecule has 0 aromatic heterocycles. The summed E-state index contributed by atoms with van der Waals surface area (Å²) in [5.74, 6) is 1.08. The Hall–Kier alpha value is -2.56. The zero-order chi connectivity index (χ0) is 18.9. The third-order valence-corrected chi connectivity index (χ3v) is 4.00. The summed E-state index contributed by atoms with van der Waals surface area (Å²) in [5, 5.41) is 2.94. The number of carbonyl (C=O) groups excluding carboxylic acids is 1. The Morgan fingerprint density at radius 2 is 1.69 bits per heavy atom. The van der Waals surface area contributed by atoms with E-state index in [1.54, 1.807) is 12.1 Å². The first-order valence-electron chi connectivity index (χ1n) is 8.96. The van der Waals surface area contributed by atoms with E-state index in [1.807, 2.05) is 39.0 Å². The number of benzene rings is 2. The molecule has 0 saturated carbocycles. The van der Waals surface area contributed by atoms with Crippen molar-refractivity contribution in [3.63, 3.8) is 0 Å². The van der Waals surface area contributed by atoms with Gasteiger partial charge in [0.2, 0.25) is 5.91 Å². The van der Waals surface area contributed by atoms with Gasteiger partial charge in [-0.2, -0.15) is 0 Å². The van der Waals surface area contributed by atoms with Gasteiger partial charge in [-0.3, -0.25) is 4.79 Å². The van der Waals surface area contributed by atoms with Crippen LogP contribution in [0, 0.1) is 5.82 Å². The SMILES string of the molecule is CCOc1ccc(CCC(=O)N[C@H](C)c2ccc(F)cc2)cc1OCC. The van der Waals surface area contributed by atoms with Crippen LogP contribution in [-0.2, 0) is 11.2 Å². The van der Waals surface area contributed by atoms with E-state index in [4.69, 9.17) is 9.47 Å². The van der Waals surface area contributed by atoms with Crippen LogP contribution >= 0.6 is 0 Å². The van der Waals surface area contributed by atoms with Gasteiger partial charge in [0.25, 0.3) is 0 Å². The summed E-state index contributed by atoms with van der Waals surface area (Å²) in [4.78, 5) is 12.2. The first-order valence-corrected chi connectivity index (χ1v) is 8.96. The molecule has 0 aliphatic rings. The Kier molecular flexibility index (Phi) is 7.45. The van der Waals surface area contributed by atoms with Gasteiger partial charge in [-0.25, -0.2) is 4.39 Å². The van der Waals surface area contributed by atoms with Crippen LogP contribution in [0.5, 0.6) is 11.5 Å². The average molecular weight is 359 g/mol. The van der Waals surface area contributed by atoms with Crippen molar-refractivity contribution in [2.45, 2.75) is 39.7 Å². The Morgan fingerprint density at radius 3 is 2.35 bits per heavy atom. The summed E-state index contributed by atoms with van der Waals surface area (Å²) in [5.41, 5.74) is 1.89. The van der Waals surface area contributed by atoms with Crippen LogP contribution in [0.15, 0.2) is 42.5 Å². The molecule has 0 spiro atoms. The van der Waals surface area contributed by atoms with E-state index in [0.717, 1.165) is 11.1 Å². The lowest BCUT2D eigenvalue weighted by atomic mass is 10.1. The van der Waals surface area contributed by atoms with Crippen LogP contribution in [0.3, 0.4) is 0 Å². The molecule has 0 aliphatic carbocycles. The van der Waals surface area contributed by atoms with Crippen molar-refractivity contribution in [2.24, 2.45) is 0 Å². The van der Waals surface area contributed by atoms with Gasteiger partial charge in [-0.05, 0) is 62.6 Å². The molecule has 0 unspecified atom stereocenters. The molecule has 0 radical (unpaired) electrons. The Bertz CT molecular complexity index is 716. The maximum absolute atomic E-state index is 13.0. The maximum Gasteiger partial charge on any atom is 0.220 e. The third-order valence-electron chi connectivity index (χ3n) is 4.00. The molecule has 26 heavy (non-hydrogen) atoms. The van der Waals surface area contributed by atoms with Gasteiger partial charge in [0.1, 0.15) is 5.82 Å². The van der Waals surface area contributed by atoms with Crippen molar-refractivity contribution in [3.8, 4) is 11.5 Å². The molecule has 0 aliphatic heterocycles. The lowest BCUT2D eigenvalue weighted by Gasteiger charge is -2.15. The Morgan fingerprint density at radius 1 is 1.04 bits per heavy atom. The van der Waals surface area contributed by atoms with Gasteiger partial charge in [0.05, 0.1) is 19.3 Å². The Balaban J connectivity index is 1.91. The second-order valence-corrected chi connectivity index (χ2v) is 5.99. The predicted molar refractivity (Wildman–Crippen MR) is 100 cm³/mol. The van der Waals surface area contributed by atoms with Crippen LogP contribution in [0.25, 0.3) is 0 Å². The molecule has 0 bridgehead atoms. The zero-order valence-corrected chi connectivity index (χ0v) is 15.5. The second-order valence-electron chi connectivity index (χ2n) is 5.99. The summed E-state index contributed by atoms with van der Waals surface area (Å²) >= 11 is 0. The molecule has 1 atom stereocenters. The standard InChI is InChI=1S/C21H26FNO3/c1-4-25-19-12-6-16(14-20(19)26-5-2)7-13-21(24)23-15(3)17-8-10-18(22)11-9-17/h6,8-12,14-15H,4-5,7,13H2,1-3H3,(H,23,24)/t15-/m1/s1. The highest BCUT2D eigenvalue weighted by atomic mass is 19.1. The van der Waals surface area contributed by atoms with Gasteiger partial charge in [-0.15, -0.1) is 0 Å². The van der Waals surface area contributed by atoms with E-state index in [-0.39, 0.29) is 17.8 Å². The first-order chi connectivity index (χ1) is 12.5. The predicted octanol–water partition coefficient (Wildman–Crippen LogP) is 4.43. The molecule has 0 saturated heterocycles. The fraction of sp³-hybridized carbons (Fsp3) is 0.381. The monoisotopic (exact) mass is 359 g/mol. The average Bonchev–Trinajstić information content (AvgIpc) is 2.62. The number of hydrogen-bond donors (Lipinski definition) is 1. The van der Waals surface area contributed by atoms with Crippen molar-refractivity contribution in [1.82, 2.24) is 5.32 Å². The van der Waals surface area contributed by atoms with Crippen molar-refractivity contribution >= 4 is 5.91 Å². The number of aryl methyl sites for hydroxylation is 1. The summed E-state index contributed by atoms with van der Waals surface area (Å²) in [6.07, 6.45) is 0.972. The minimum Gasteiger partial charge on any atom is -0.490 e. The van der Waals surface area contributed by atoms with Crippen molar-refractivity contribution in [1.29, 1.82) is 0 Å². The molecule has 4 nitrogen and oxygen atoms in total. The van der Waals surface area contributed by atoms with Crippen LogP contribution in [-0.4, -0.2) is 19.1 Å². The summed E-state index contributed by atoms with van der Waals surface area (Å²) in [7, 11) is 0. The fourth-order valence-electron chi connectivity index (χ4n) is 2.66. The molecule has 0 heterocycles. The molecular formula is C21H26FNO3. The summed E-state index contributed by atoms with van der Waals surface area (Å²) in [6, 6.07) is 11.7. The van der Waals surface area contributed by atoms with E-state index >= 15 is 0 Å². The van der Waals surface area contributed by atoms with Gasteiger partial charge < -0.3 is 14.8 Å². The lowest BCUT2D eigenvalue weighted by molar-refractivity contribution is -0.121. The molecule has 5 heteroatoms. The lowest BCUT2D eigenvalue weighted by Crippen LogP contribution is -2.26. The van der Waals surface area contributed by atoms with E-state index < -0.39 is 0 Å². The van der Waals surface area contributed by atoms with Gasteiger partial charge in [-0.1, -0.05) is 18.2 Å². The number of nitrogens with one attached hydrogen (secondary N) is 1. The van der Waals surface area contributed by atoms with Crippen molar-refractivity contribution in [2.75, 3.05) is 13.2 Å². The minimum absolute atomic E-state index is 0.0475. The van der Waals surface area contributed by atoms with E-state index in [0.29, 0.717) is 37.6 Å². The fourth-order valence-corrected chi connectivity index (χ4v) is 2.66. The number of amides is 1. The van der Waals surface area contributed by atoms with E-state index in [1.165, 1.54) is 12.1 Å². The molecule has 2 rings (SSSR count). The van der Waals surface area contributed by atoms with Gasteiger partial charge in [0.15, 0.2) is 11.5 Å². The number of ether oxygens (including phenoxy) is 2. The summed E-state index contributed by atoms with van der Waals surface area (Å²) in [6.45, 7) is 6.86. The second kappa shape index (κ2) is 9.80. The number of rotatable bonds is 9. The number of halogens is 1. The molecule has 140 valence electrons. The molecular weight excluding hydrogens is 333 g/mol. The van der Waals surface area contributed by atoms with Gasteiger partial charge in [0, 0.05) is 6.42 Å². The topological polar surface area (TPSA) is 47.6 Å². The highest BCUT2D eigenvalue weighted by Crippen LogP contribution is 2.29. The first kappa shape index (κ1) is 19.8. The number of hydrogen-bond acceptors (Lipinski definition) is 3. The van der Waals surface area contributed by atoms with Crippen LogP contribution < -0.4 is 14.8 Å². The molecule has 1 N–H and O–H groups in total. The normalized spacial score (nSPS) is 11.7. The van der Waals surface area contributed by atoms with E-state index in [2.05, 4.69) is 5.32 Å². The van der Waals surface area contributed by atoms with Crippen molar-refractivity contribution in [3.05, 3.63) is 59.4 Å². The van der Waals surface area contributed by atoms with E-state index in [9.17, 15) is 9.18 Å². The molecule has 2 aromatic carbocycles. The third kappa shape index (κ3) is 5.76. The molecule has 2 aromatic rings. The molecule has 0 fully saturated rings. The van der Waals surface area contributed by atoms with Gasteiger partial charge >= 0.3 is 0 Å². The van der Waals surface area contributed by atoms with Crippen molar-refractivity contribution < 1.29 is 18.7 Å².